The number of piperidine rings is 1. The van der Waals surface area contributed by atoms with Gasteiger partial charge in [0.15, 0.2) is 11.6 Å². The summed E-state index contributed by atoms with van der Waals surface area (Å²) >= 11 is 0. The largest absolute Gasteiger partial charge is 0.382 e. The number of aryl methyl sites for hydroxylation is 1. The number of hydrogen-bond acceptors (Lipinski definition) is 4. The van der Waals surface area contributed by atoms with Gasteiger partial charge in [-0.1, -0.05) is 76.6 Å². The third kappa shape index (κ3) is 7.70. The highest BCUT2D eigenvalue weighted by Gasteiger charge is 2.35. The summed E-state index contributed by atoms with van der Waals surface area (Å²) in [6.45, 7) is 9.21. The third-order valence-electron chi connectivity index (χ3n) is 8.58. The van der Waals surface area contributed by atoms with E-state index in [4.69, 9.17) is 5.41 Å². The Kier molecular flexibility index (Phi) is 11.2. The molecule has 2 unspecified atom stereocenters. The van der Waals surface area contributed by atoms with Crippen LogP contribution in [0.5, 0.6) is 0 Å². The smallest absolute Gasteiger partial charge is 0.316 e. The first kappa shape index (κ1) is 33.2. The third-order valence-corrected chi connectivity index (χ3v) is 8.58. The highest BCUT2D eigenvalue weighted by molar-refractivity contribution is 6.12. The van der Waals surface area contributed by atoms with Crippen LogP contribution in [0.25, 0.3) is 0 Å². The van der Waals surface area contributed by atoms with Crippen molar-refractivity contribution in [1.82, 2.24) is 4.90 Å². The molecule has 2 heterocycles. The van der Waals surface area contributed by atoms with Crippen molar-refractivity contribution < 1.29 is 19.0 Å². The van der Waals surface area contributed by atoms with E-state index >= 15 is 0 Å². The predicted octanol–water partition coefficient (Wildman–Crippen LogP) is 9.59. The van der Waals surface area contributed by atoms with E-state index in [2.05, 4.69) is 31.0 Å². The fourth-order valence-electron chi connectivity index (χ4n) is 5.65. The topological polar surface area (TPSA) is 42.4 Å². The van der Waals surface area contributed by atoms with Crippen LogP contribution in [0, 0.1) is 29.9 Å². The molecule has 1 saturated heterocycles. The zero-order valence-corrected chi connectivity index (χ0v) is 26.3. The SMILES string of the molecule is CCC(C)C.Cc1cc(NC2CCN(C3C=CC(C)c4ccccc4N3C(F)F)CC2)ccc1C(=N)c1cccc(F)c1F.[HH]. The van der Waals surface area contributed by atoms with Crippen molar-refractivity contribution >= 4 is 17.1 Å². The van der Waals surface area contributed by atoms with Crippen LogP contribution >= 0.6 is 0 Å². The Hall–Kier alpha value is -3.65. The number of halogens is 4. The summed E-state index contributed by atoms with van der Waals surface area (Å²) in [5.74, 6) is -1.07. The molecule has 3 aromatic carbocycles. The highest BCUT2D eigenvalue weighted by atomic mass is 19.3. The lowest BCUT2D eigenvalue weighted by atomic mass is 9.97. The van der Waals surface area contributed by atoms with Gasteiger partial charge in [0.05, 0.1) is 5.71 Å². The number of likely N-dealkylation sites (tertiary alicyclic amines) is 1. The van der Waals surface area contributed by atoms with Gasteiger partial charge >= 0.3 is 6.55 Å². The van der Waals surface area contributed by atoms with Crippen LogP contribution in [0.3, 0.4) is 0 Å². The number of benzene rings is 3. The molecule has 238 valence electrons. The zero-order chi connectivity index (χ0) is 32.0. The highest BCUT2D eigenvalue weighted by Crippen LogP contribution is 2.36. The van der Waals surface area contributed by atoms with Crippen LogP contribution < -0.4 is 10.2 Å². The lowest BCUT2D eigenvalue weighted by molar-refractivity contribution is 0.0893. The molecular weight excluding hydrogens is 564 g/mol. The molecule has 2 aliphatic rings. The Labute approximate surface area is 260 Å². The Bertz CT molecular complexity index is 1450. The Balaban J connectivity index is 0.000000854. The Morgan fingerprint density at radius 2 is 1.66 bits per heavy atom. The fourth-order valence-corrected chi connectivity index (χ4v) is 5.65. The summed E-state index contributed by atoms with van der Waals surface area (Å²) in [5, 5.41) is 11.9. The first-order chi connectivity index (χ1) is 21.0. The average molecular weight is 611 g/mol. The molecule has 0 saturated carbocycles. The molecule has 0 radical (unpaired) electrons. The van der Waals surface area contributed by atoms with E-state index in [1.165, 1.54) is 23.5 Å². The van der Waals surface area contributed by atoms with Crippen LogP contribution in [-0.4, -0.2) is 42.5 Å². The molecule has 0 bridgehead atoms. The van der Waals surface area contributed by atoms with Crippen LogP contribution in [0.2, 0.25) is 0 Å². The summed E-state index contributed by atoms with van der Waals surface area (Å²) in [7, 11) is 0. The molecule has 2 atom stereocenters. The van der Waals surface area contributed by atoms with Crippen molar-refractivity contribution in [2.75, 3.05) is 23.3 Å². The number of rotatable bonds is 7. The van der Waals surface area contributed by atoms with Gasteiger partial charge < -0.3 is 5.32 Å². The minimum absolute atomic E-state index is 0. The van der Waals surface area contributed by atoms with E-state index in [0.29, 0.717) is 24.3 Å². The van der Waals surface area contributed by atoms with E-state index in [1.807, 2.05) is 56.3 Å². The molecule has 0 aliphatic carbocycles. The van der Waals surface area contributed by atoms with E-state index < -0.39 is 24.3 Å². The minimum atomic E-state index is -2.62. The molecule has 8 heteroatoms. The maximum absolute atomic E-state index is 14.4. The van der Waals surface area contributed by atoms with Crippen LogP contribution in [-0.2, 0) is 0 Å². The number of para-hydroxylation sites is 1. The van der Waals surface area contributed by atoms with E-state index in [9.17, 15) is 17.6 Å². The summed E-state index contributed by atoms with van der Waals surface area (Å²) in [4.78, 5) is 3.33. The van der Waals surface area contributed by atoms with Gasteiger partial charge in [0, 0.05) is 49.0 Å². The van der Waals surface area contributed by atoms with Gasteiger partial charge in [-0.3, -0.25) is 15.2 Å². The predicted molar refractivity (Wildman–Crippen MR) is 175 cm³/mol. The maximum Gasteiger partial charge on any atom is 0.316 e. The second-order valence-corrected chi connectivity index (χ2v) is 12.1. The van der Waals surface area contributed by atoms with Gasteiger partial charge in [-0.15, -0.1) is 0 Å². The second-order valence-electron chi connectivity index (χ2n) is 12.1. The number of alkyl halides is 2. The number of hydrogen-bond donors (Lipinski definition) is 2. The first-order valence-corrected chi connectivity index (χ1v) is 15.5. The van der Waals surface area contributed by atoms with Crippen molar-refractivity contribution in [3.8, 4) is 0 Å². The second kappa shape index (κ2) is 14.9. The summed E-state index contributed by atoms with van der Waals surface area (Å²) in [6.07, 6.45) is 6.28. The van der Waals surface area contributed by atoms with Crippen molar-refractivity contribution in [3.05, 3.63) is 107 Å². The van der Waals surface area contributed by atoms with Gasteiger partial charge in [-0.25, -0.2) is 8.78 Å². The van der Waals surface area contributed by atoms with Crippen LogP contribution in [0.4, 0.5) is 28.9 Å². The Morgan fingerprint density at radius 1 is 0.977 bits per heavy atom. The minimum Gasteiger partial charge on any atom is -0.382 e. The van der Waals surface area contributed by atoms with Crippen LogP contribution in [0.15, 0.2) is 72.8 Å². The lowest BCUT2D eigenvalue weighted by Gasteiger charge is -2.42. The number of nitrogens with one attached hydrogen (secondary N) is 2. The molecule has 1 fully saturated rings. The summed E-state index contributed by atoms with van der Waals surface area (Å²) in [5.41, 5.74) is 3.51. The van der Waals surface area contributed by atoms with E-state index in [1.54, 1.807) is 12.1 Å². The monoisotopic (exact) mass is 610 g/mol. The molecule has 0 amide bonds. The normalized spacial score (nSPS) is 18.9. The molecule has 3 aromatic rings. The van der Waals surface area contributed by atoms with Crippen molar-refractivity contribution in [1.29, 1.82) is 5.41 Å². The maximum atomic E-state index is 14.4. The lowest BCUT2D eigenvalue weighted by Crippen LogP contribution is -2.53. The average Bonchev–Trinajstić information content (AvgIpc) is 3.15. The van der Waals surface area contributed by atoms with Gasteiger partial charge in [-0.2, -0.15) is 8.78 Å². The van der Waals surface area contributed by atoms with E-state index in [0.717, 1.165) is 41.6 Å². The number of fused-ring (bicyclic) bond motifs is 1. The van der Waals surface area contributed by atoms with Gasteiger partial charge in [0.1, 0.15) is 6.17 Å². The van der Waals surface area contributed by atoms with E-state index in [-0.39, 0.29) is 24.7 Å². The first-order valence-electron chi connectivity index (χ1n) is 15.5. The van der Waals surface area contributed by atoms with Gasteiger partial charge in [0.25, 0.3) is 0 Å². The molecular formula is C36H46F4N4. The van der Waals surface area contributed by atoms with Crippen LogP contribution in [0.1, 0.15) is 76.6 Å². The molecule has 5 rings (SSSR count). The number of anilines is 2. The Morgan fingerprint density at radius 3 is 2.30 bits per heavy atom. The molecule has 2 aliphatic heterocycles. The molecule has 0 spiro atoms. The quantitative estimate of drug-likeness (QED) is 0.121. The van der Waals surface area contributed by atoms with Crippen molar-refractivity contribution in [2.45, 2.75) is 78.6 Å². The molecule has 44 heavy (non-hydrogen) atoms. The fraction of sp³-hybridized carbons (Fsp3) is 0.417. The summed E-state index contributed by atoms with van der Waals surface area (Å²) < 4.78 is 56.6. The number of allylic oxidation sites excluding steroid dienone is 1. The van der Waals surface area contributed by atoms with Crippen molar-refractivity contribution in [2.24, 2.45) is 5.92 Å². The zero-order valence-electron chi connectivity index (χ0n) is 26.3. The molecule has 0 aromatic heterocycles. The molecule has 2 N–H and O–H groups in total. The van der Waals surface area contributed by atoms with Crippen molar-refractivity contribution in [3.63, 3.8) is 0 Å². The number of nitrogens with zero attached hydrogens (tertiary/aromatic N) is 2. The summed E-state index contributed by atoms with van der Waals surface area (Å²) in [6, 6.07) is 16.9. The van der Waals surface area contributed by atoms with Gasteiger partial charge in [0.2, 0.25) is 0 Å². The van der Waals surface area contributed by atoms with Gasteiger partial charge in [-0.05, 0) is 67.1 Å². The molecule has 4 nitrogen and oxygen atoms in total. The standard InChI is InChI=1S/C31H32F4N4.C5H12.H2/c1-19-10-13-28(39(31(34)35)27-9-4-3-6-23(19)27)38-16-14-21(15-17-38)37-22-11-12-24(20(2)18-22)30(36)25-7-5-8-26(32)29(25)33;1-4-5(2)3;/h3-13,18-19,21,28,31,36-37H,14-17H2,1-2H3;5H,4H2,1-3H3;1H.